The Labute approximate surface area is 397 Å². The van der Waals surface area contributed by atoms with E-state index >= 15 is 0 Å². The van der Waals surface area contributed by atoms with E-state index < -0.39 is 0 Å². The van der Waals surface area contributed by atoms with Crippen molar-refractivity contribution < 1.29 is 4.74 Å². The van der Waals surface area contributed by atoms with E-state index in [0.29, 0.717) is 71.2 Å². The van der Waals surface area contributed by atoms with Crippen molar-refractivity contribution >= 4 is 18.5 Å². The summed E-state index contributed by atoms with van der Waals surface area (Å²) in [7, 11) is 0. The molecule has 6 heteroatoms. The predicted molar refractivity (Wildman–Crippen MR) is 269 cm³/mol. The fourth-order valence-electron chi connectivity index (χ4n) is 19.7. The number of benzene rings is 1. The maximum absolute atomic E-state index is 7.87. The fourth-order valence-corrected chi connectivity index (χ4v) is 21.2. The molecule has 0 aromatic heterocycles. The summed E-state index contributed by atoms with van der Waals surface area (Å²) in [5.41, 5.74) is 7.13. The Balaban J connectivity index is 0.951. The van der Waals surface area contributed by atoms with Gasteiger partial charge in [0.1, 0.15) is 0 Å². The second-order valence-electron chi connectivity index (χ2n) is 24.7. The van der Waals surface area contributed by atoms with E-state index in [1.54, 1.807) is 21.9 Å². The van der Waals surface area contributed by atoms with Gasteiger partial charge >= 0.3 is 0 Å². The summed E-state index contributed by atoms with van der Waals surface area (Å²) in [6.07, 6.45) is 53.5. The highest BCUT2D eigenvalue weighted by atomic mass is 32.2. The minimum atomic E-state index is 0.199. The van der Waals surface area contributed by atoms with Crippen LogP contribution in [0.4, 0.5) is 0 Å². The second kappa shape index (κ2) is 16.1. The van der Waals surface area contributed by atoms with Crippen molar-refractivity contribution in [1.29, 1.82) is 0 Å². The number of rotatable bonds is 5. The van der Waals surface area contributed by atoms with Gasteiger partial charge in [0.15, 0.2) is 6.71 Å². The number of nitrogens with zero attached hydrogens (tertiary/aromatic N) is 3. The third-order valence-corrected chi connectivity index (χ3v) is 23.4. The number of thioether (sulfide) groups is 1. The zero-order valence-corrected chi connectivity index (χ0v) is 40.8. The lowest BCUT2D eigenvalue weighted by Gasteiger charge is -2.68. The first-order valence-electron chi connectivity index (χ1n) is 27.9. The van der Waals surface area contributed by atoms with Gasteiger partial charge in [0.05, 0.1) is 18.1 Å². The average molecular weight is 888 g/mol. The summed E-state index contributed by atoms with van der Waals surface area (Å²) >= 11 is 2.21. The van der Waals surface area contributed by atoms with Crippen molar-refractivity contribution in [2.45, 2.75) is 231 Å². The number of hydrogen-bond acceptors (Lipinski definition) is 5. The van der Waals surface area contributed by atoms with E-state index in [1.807, 2.05) is 0 Å². The van der Waals surface area contributed by atoms with Gasteiger partial charge < -0.3 is 14.5 Å². The molecule has 4 nitrogen and oxygen atoms in total. The van der Waals surface area contributed by atoms with Crippen molar-refractivity contribution in [3.63, 3.8) is 0 Å². The first-order valence-corrected chi connectivity index (χ1v) is 28.7. The molecule has 1 spiro atoms. The number of hydrogen-bond donors (Lipinski definition) is 0. The van der Waals surface area contributed by atoms with Crippen LogP contribution >= 0.6 is 11.8 Å². The molecule has 14 atom stereocenters. The van der Waals surface area contributed by atoms with Gasteiger partial charge in [0.25, 0.3) is 0 Å². The van der Waals surface area contributed by atoms with Gasteiger partial charge in [-0.15, -0.1) is 11.8 Å². The number of fused-ring (bicyclic) bond motifs is 10. The molecule has 5 heterocycles. The summed E-state index contributed by atoms with van der Waals surface area (Å²) in [4.78, 5) is 11.2. The van der Waals surface area contributed by atoms with Crippen LogP contribution in [0, 0.1) is 29.1 Å². The normalized spacial score (nSPS) is 43.1. The van der Waals surface area contributed by atoms with Gasteiger partial charge in [-0.2, -0.15) is 0 Å². The fraction of sp³-hybridized carbons (Fsp3) is 0.695. The van der Waals surface area contributed by atoms with Crippen LogP contribution in [0.1, 0.15) is 167 Å². The second-order valence-corrected chi connectivity index (χ2v) is 25.9. The summed E-state index contributed by atoms with van der Waals surface area (Å²) in [6.45, 7) is 6.32. The lowest BCUT2D eigenvalue weighted by atomic mass is 9.21. The van der Waals surface area contributed by atoms with Gasteiger partial charge in [-0.1, -0.05) is 125 Å². The average Bonchev–Trinajstić information content (AvgIpc) is 3.98. The lowest BCUT2D eigenvalue weighted by molar-refractivity contribution is -0.0595. The van der Waals surface area contributed by atoms with Gasteiger partial charge in [0.2, 0.25) is 0 Å². The first kappa shape index (κ1) is 41.6. The molecule has 0 radical (unpaired) electrons. The SMILES string of the molecule is CC1(C)N2C3CC(N(C4=CCCC=C4)C4=CCCCC4)CC4C3B(C3CC(C5CCCCC5)CC(C32)C12CCCCC2)C1OC2C=CC=CC2C1N4C1=CCC2c3ccccc3SC2C1. The van der Waals surface area contributed by atoms with Crippen molar-refractivity contribution in [3.8, 4) is 0 Å². The van der Waals surface area contributed by atoms with Gasteiger partial charge in [0, 0.05) is 68.8 Å². The molecule has 4 saturated carbocycles. The molecule has 14 unspecified atom stereocenters. The highest BCUT2D eigenvalue weighted by Gasteiger charge is 2.76. The van der Waals surface area contributed by atoms with Crippen LogP contribution in [-0.2, 0) is 4.74 Å². The Morgan fingerprint density at radius 2 is 1.65 bits per heavy atom. The van der Waals surface area contributed by atoms with Gasteiger partial charge in [-0.05, 0) is 150 Å². The largest absolute Gasteiger partial charge is 0.376 e. The van der Waals surface area contributed by atoms with Gasteiger partial charge in [-0.25, -0.2) is 0 Å². The van der Waals surface area contributed by atoms with E-state index in [-0.39, 0.29) is 11.6 Å². The maximum atomic E-state index is 7.87. The molecule has 1 aromatic carbocycles. The van der Waals surface area contributed by atoms with E-state index in [2.05, 4.69) is 119 Å². The molecular weight excluding hydrogens is 810 g/mol. The van der Waals surface area contributed by atoms with Crippen LogP contribution in [-0.4, -0.2) is 74.5 Å². The smallest absolute Gasteiger partial charge is 0.190 e. The molecule has 13 aliphatic rings. The molecule has 0 bridgehead atoms. The molecule has 1 aromatic rings. The van der Waals surface area contributed by atoms with E-state index in [9.17, 15) is 0 Å². The summed E-state index contributed by atoms with van der Waals surface area (Å²) in [5, 5.41) is 0.634. The summed E-state index contributed by atoms with van der Waals surface area (Å²) in [6, 6.07) is 12.5. The van der Waals surface area contributed by atoms with Crippen LogP contribution < -0.4 is 0 Å². The quantitative estimate of drug-likeness (QED) is 0.274. The van der Waals surface area contributed by atoms with Crippen molar-refractivity contribution in [1.82, 2.24) is 14.7 Å². The topological polar surface area (TPSA) is 19.0 Å². The predicted octanol–water partition coefficient (Wildman–Crippen LogP) is 13.8. The molecule has 14 rings (SSSR count). The highest BCUT2D eigenvalue weighted by molar-refractivity contribution is 8.00. The van der Waals surface area contributed by atoms with E-state index in [0.717, 1.165) is 23.6 Å². The molecule has 8 aliphatic carbocycles. The Hall–Kier alpha value is -2.41. The number of ether oxygens (including phenoxy) is 1. The molecule has 344 valence electrons. The van der Waals surface area contributed by atoms with Crippen LogP contribution in [0.25, 0.3) is 0 Å². The first-order chi connectivity index (χ1) is 32.0. The standard InChI is InChI=1S/C59H78BN3OS/c1-58(2)59(31-17-6-18-32-59)47-33-39(38-19-7-3-8-20-38)34-48-56(47)63(58)50-36-43(61(40-21-9-4-10-22-40)41-23-11-5-12-24-41)35-49-54(50)60(48)57-55(46-26-13-15-27-51(46)64-57)62(49)42-29-30-45-44-25-14-16-28-52(44)65-53(45)37-42/h9,13-16,21-23,25-29,38-39,43,45-51,53-57H,3-8,10-12,17-20,24,30-37H2,1-2H3. The minimum Gasteiger partial charge on any atom is -0.376 e. The Morgan fingerprint density at radius 1 is 0.800 bits per heavy atom. The summed E-state index contributed by atoms with van der Waals surface area (Å²) in [5.74, 6) is 5.14. The Kier molecular flexibility index (Phi) is 10.3. The van der Waals surface area contributed by atoms with Crippen LogP contribution in [0.15, 0.2) is 101 Å². The third kappa shape index (κ3) is 6.22. The van der Waals surface area contributed by atoms with Crippen molar-refractivity contribution in [2.75, 3.05) is 0 Å². The number of allylic oxidation sites excluding steroid dienone is 9. The summed E-state index contributed by atoms with van der Waals surface area (Å²) < 4.78 is 7.87. The van der Waals surface area contributed by atoms with Crippen LogP contribution in [0.5, 0.6) is 0 Å². The zero-order valence-electron chi connectivity index (χ0n) is 40.0. The molecular formula is C59H78BN3OS. The molecule has 65 heavy (non-hydrogen) atoms. The molecule has 0 N–H and O–H groups in total. The maximum Gasteiger partial charge on any atom is 0.190 e. The van der Waals surface area contributed by atoms with Gasteiger partial charge in [-0.3, -0.25) is 4.90 Å². The molecule has 5 aliphatic heterocycles. The molecule has 8 fully saturated rings. The van der Waals surface area contributed by atoms with E-state index in [4.69, 9.17) is 4.74 Å². The monoisotopic (exact) mass is 888 g/mol. The minimum absolute atomic E-state index is 0.199. The van der Waals surface area contributed by atoms with Crippen molar-refractivity contribution in [3.05, 3.63) is 102 Å². The Morgan fingerprint density at radius 3 is 2.49 bits per heavy atom. The highest BCUT2D eigenvalue weighted by Crippen LogP contribution is 2.72. The lowest BCUT2D eigenvalue weighted by Crippen LogP contribution is -2.76. The molecule has 0 amide bonds. The van der Waals surface area contributed by atoms with Crippen LogP contribution in [0.3, 0.4) is 0 Å². The Bertz CT molecular complexity index is 2210. The zero-order chi connectivity index (χ0) is 43.0. The van der Waals surface area contributed by atoms with Crippen molar-refractivity contribution in [2.24, 2.45) is 29.1 Å². The third-order valence-electron chi connectivity index (χ3n) is 22.0. The van der Waals surface area contributed by atoms with Crippen LogP contribution in [0.2, 0.25) is 11.6 Å². The van der Waals surface area contributed by atoms with E-state index in [1.165, 1.54) is 147 Å². The molecule has 4 saturated heterocycles.